The topological polar surface area (TPSA) is 93.5 Å². The highest BCUT2D eigenvalue weighted by Crippen LogP contribution is 2.28. The van der Waals surface area contributed by atoms with E-state index in [1.807, 2.05) is 13.0 Å². The highest BCUT2D eigenvalue weighted by Gasteiger charge is 2.28. The van der Waals surface area contributed by atoms with Gasteiger partial charge in [0.05, 0.1) is 12.7 Å². The molecule has 1 saturated carbocycles. The Morgan fingerprint density at radius 3 is 2.67 bits per heavy atom. The molecule has 2 rings (SSSR count). The summed E-state index contributed by atoms with van der Waals surface area (Å²) in [5.74, 6) is -0.114. The molecule has 0 aliphatic heterocycles. The van der Waals surface area contributed by atoms with Crippen molar-refractivity contribution in [3.05, 3.63) is 23.3 Å². The molecule has 1 aliphatic carbocycles. The molecule has 1 aliphatic rings. The van der Waals surface area contributed by atoms with Gasteiger partial charge in [0, 0.05) is 30.4 Å². The fraction of sp³-hybridized carbons (Fsp3) is 0.467. The average molecular weight is 291 g/mol. The maximum absolute atomic E-state index is 11.7. The van der Waals surface area contributed by atoms with Crippen LogP contribution in [0.5, 0.6) is 0 Å². The molecular weight excluding hydrogens is 270 g/mol. The number of nitrogens with two attached hydrogens (primary N) is 1. The first kappa shape index (κ1) is 15.2. The maximum atomic E-state index is 11.7. The molecule has 0 bridgehead atoms. The van der Waals surface area contributed by atoms with Gasteiger partial charge >= 0.3 is 5.97 Å². The number of methoxy groups -OCH3 is 1. The van der Waals surface area contributed by atoms with Gasteiger partial charge in [0.1, 0.15) is 0 Å². The molecule has 1 aromatic rings. The second-order valence-electron chi connectivity index (χ2n) is 5.24. The smallest absolute Gasteiger partial charge is 0.340 e. The van der Waals surface area contributed by atoms with Crippen LogP contribution >= 0.6 is 0 Å². The minimum atomic E-state index is -0.457. The molecule has 21 heavy (non-hydrogen) atoms. The van der Waals surface area contributed by atoms with Crippen LogP contribution in [0.2, 0.25) is 0 Å². The minimum Gasteiger partial charge on any atom is -0.465 e. The standard InChI is InChI=1S/C15H21N3O3/c1-9-7-11(8-12(13(9)16)15(20)21-2)17-5-6-18-14(19)10-3-4-10/h7-8,10,17H,3-6,16H2,1-2H3,(H,18,19). The molecule has 0 heterocycles. The molecule has 6 heteroatoms. The lowest BCUT2D eigenvalue weighted by Crippen LogP contribution is -2.29. The highest BCUT2D eigenvalue weighted by atomic mass is 16.5. The van der Waals surface area contributed by atoms with Crippen LogP contribution in [0.3, 0.4) is 0 Å². The van der Waals surface area contributed by atoms with Crippen molar-refractivity contribution in [3.8, 4) is 0 Å². The largest absolute Gasteiger partial charge is 0.465 e. The molecule has 0 spiro atoms. The number of ether oxygens (including phenoxy) is 1. The zero-order valence-corrected chi connectivity index (χ0v) is 12.4. The van der Waals surface area contributed by atoms with Gasteiger partial charge in [-0.2, -0.15) is 0 Å². The highest BCUT2D eigenvalue weighted by molar-refractivity contribution is 5.97. The van der Waals surface area contributed by atoms with Crippen molar-refractivity contribution in [1.29, 1.82) is 0 Å². The Hall–Kier alpha value is -2.24. The lowest BCUT2D eigenvalue weighted by Gasteiger charge is -2.12. The van der Waals surface area contributed by atoms with Gasteiger partial charge < -0.3 is 21.1 Å². The second kappa shape index (κ2) is 6.47. The lowest BCUT2D eigenvalue weighted by atomic mass is 10.1. The van der Waals surface area contributed by atoms with Crippen LogP contribution in [0, 0.1) is 12.8 Å². The summed E-state index contributed by atoms with van der Waals surface area (Å²) in [7, 11) is 1.32. The molecule has 0 saturated heterocycles. The van der Waals surface area contributed by atoms with Crippen molar-refractivity contribution >= 4 is 23.3 Å². The zero-order valence-electron chi connectivity index (χ0n) is 12.4. The van der Waals surface area contributed by atoms with Crippen LogP contribution in [0.1, 0.15) is 28.8 Å². The van der Waals surface area contributed by atoms with Gasteiger partial charge in [0.25, 0.3) is 0 Å². The van der Waals surface area contributed by atoms with E-state index in [1.165, 1.54) is 7.11 Å². The number of esters is 1. The van der Waals surface area contributed by atoms with Crippen molar-refractivity contribution in [2.24, 2.45) is 5.92 Å². The number of nitrogen functional groups attached to an aromatic ring is 1. The predicted octanol–water partition coefficient (Wildman–Crippen LogP) is 1.30. The predicted molar refractivity (Wildman–Crippen MR) is 81.2 cm³/mol. The van der Waals surface area contributed by atoms with Gasteiger partial charge in [-0.25, -0.2) is 4.79 Å². The van der Waals surface area contributed by atoms with Gasteiger partial charge in [-0.3, -0.25) is 4.79 Å². The van der Waals surface area contributed by atoms with Crippen LogP contribution in [-0.4, -0.2) is 32.1 Å². The molecular formula is C15H21N3O3. The Morgan fingerprint density at radius 2 is 2.05 bits per heavy atom. The first-order valence-corrected chi connectivity index (χ1v) is 7.03. The number of hydrogen-bond acceptors (Lipinski definition) is 5. The van der Waals surface area contributed by atoms with Crippen molar-refractivity contribution in [2.75, 3.05) is 31.2 Å². The van der Waals surface area contributed by atoms with Crippen molar-refractivity contribution < 1.29 is 14.3 Å². The van der Waals surface area contributed by atoms with Crippen molar-refractivity contribution in [3.63, 3.8) is 0 Å². The third kappa shape index (κ3) is 3.87. The summed E-state index contributed by atoms with van der Waals surface area (Å²) < 4.78 is 4.71. The van der Waals surface area contributed by atoms with E-state index in [-0.39, 0.29) is 11.8 Å². The Morgan fingerprint density at radius 1 is 1.33 bits per heavy atom. The molecule has 1 fully saturated rings. The van der Waals surface area contributed by atoms with Crippen molar-refractivity contribution in [2.45, 2.75) is 19.8 Å². The minimum absolute atomic E-state index is 0.125. The summed E-state index contributed by atoms with van der Waals surface area (Å²) >= 11 is 0. The number of amides is 1. The van der Waals surface area contributed by atoms with E-state index >= 15 is 0 Å². The fourth-order valence-corrected chi connectivity index (χ4v) is 2.06. The van der Waals surface area contributed by atoms with Crippen LogP contribution in [-0.2, 0) is 9.53 Å². The molecule has 4 N–H and O–H groups in total. The number of carbonyl (C=O) groups excluding carboxylic acids is 2. The molecule has 114 valence electrons. The van der Waals surface area contributed by atoms with Gasteiger partial charge in [0.15, 0.2) is 0 Å². The van der Waals surface area contributed by atoms with Crippen LogP contribution in [0.15, 0.2) is 12.1 Å². The van der Waals surface area contributed by atoms with Gasteiger partial charge in [-0.05, 0) is 37.5 Å². The normalized spacial score (nSPS) is 13.6. The van der Waals surface area contributed by atoms with E-state index < -0.39 is 5.97 Å². The third-order valence-electron chi connectivity index (χ3n) is 3.49. The SMILES string of the molecule is COC(=O)c1cc(NCCNC(=O)C2CC2)cc(C)c1N. The molecule has 1 aromatic carbocycles. The summed E-state index contributed by atoms with van der Waals surface area (Å²) in [5.41, 5.74) is 8.24. The van der Waals surface area contributed by atoms with Gasteiger partial charge in [0.2, 0.25) is 5.91 Å². The van der Waals surface area contributed by atoms with E-state index in [1.54, 1.807) is 6.07 Å². The number of carbonyl (C=O) groups is 2. The van der Waals surface area contributed by atoms with Crippen molar-refractivity contribution in [1.82, 2.24) is 5.32 Å². The molecule has 0 unspecified atom stereocenters. The fourth-order valence-electron chi connectivity index (χ4n) is 2.06. The number of anilines is 2. The Labute approximate surface area is 124 Å². The summed E-state index contributed by atoms with van der Waals surface area (Å²) in [6, 6.07) is 3.53. The number of nitrogens with one attached hydrogen (secondary N) is 2. The van der Waals surface area contributed by atoms with Crippen LogP contribution in [0.25, 0.3) is 0 Å². The number of benzene rings is 1. The Kier molecular flexibility index (Phi) is 4.67. The third-order valence-corrected chi connectivity index (χ3v) is 3.49. The molecule has 6 nitrogen and oxygen atoms in total. The monoisotopic (exact) mass is 291 g/mol. The number of aryl methyl sites for hydroxylation is 1. The first-order valence-electron chi connectivity index (χ1n) is 7.03. The Bertz CT molecular complexity index is 553. The summed E-state index contributed by atoms with van der Waals surface area (Å²) in [6.07, 6.45) is 2.00. The van der Waals surface area contributed by atoms with E-state index in [9.17, 15) is 9.59 Å². The van der Waals surface area contributed by atoms with E-state index in [0.29, 0.717) is 24.3 Å². The molecule has 0 radical (unpaired) electrons. The van der Waals surface area contributed by atoms with E-state index in [0.717, 1.165) is 24.1 Å². The molecule has 0 atom stereocenters. The summed E-state index contributed by atoms with van der Waals surface area (Å²) in [6.45, 7) is 2.97. The van der Waals surface area contributed by atoms with Gasteiger partial charge in [-0.15, -0.1) is 0 Å². The van der Waals surface area contributed by atoms with E-state index in [4.69, 9.17) is 10.5 Å². The molecule has 0 aromatic heterocycles. The zero-order chi connectivity index (χ0) is 15.4. The maximum Gasteiger partial charge on any atom is 0.340 e. The van der Waals surface area contributed by atoms with Gasteiger partial charge in [-0.1, -0.05) is 0 Å². The second-order valence-corrected chi connectivity index (χ2v) is 5.24. The lowest BCUT2D eigenvalue weighted by molar-refractivity contribution is -0.122. The average Bonchev–Trinajstić information content (AvgIpc) is 3.30. The number of rotatable bonds is 6. The van der Waals surface area contributed by atoms with E-state index in [2.05, 4.69) is 10.6 Å². The summed E-state index contributed by atoms with van der Waals surface area (Å²) in [5, 5.41) is 6.04. The summed E-state index contributed by atoms with van der Waals surface area (Å²) in [4.78, 5) is 23.1. The molecule has 1 amide bonds. The quantitative estimate of drug-likeness (QED) is 0.417. The number of hydrogen-bond donors (Lipinski definition) is 3. The first-order chi connectivity index (χ1) is 10.0. The van der Waals surface area contributed by atoms with Crippen LogP contribution < -0.4 is 16.4 Å². The van der Waals surface area contributed by atoms with Crippen LogP contribution in [0.4, 0.5) is 11.4 Å². The Balaban J connectivity index is 1.91.